The lowest BCUT2D eigenvalue weighted by atomic mass is 10.1. The second-order valence-corrected chi connectivity index (χ2v) is 3.76. The Hall–Kier alpha value is -0.830. The van der Waals surface area contributed by atoms with Gasteiger partial charge in [-0.05, 0) is 13.8 Å². The number of piperazine rings is 1. The first kappa shape index (κ1) is 10.3. The van der Waals surface area contributed by atoms with Crippen LogP contribution in [0.1, 0.15) is 20.3 Å². The van der Waals surface area contributed by atoms with Crippen LogP contribution in [-0.2, 0) is 4.79 Å². The molecule has 1 N–H and O–H groups in total. The van der Waals surface area contributed by atoms with Gasteiger partial charge in [0.2, 0.25) is 5.91 Å². The summed E-state index contributed by atoms with van der Waals surface area (Å²) in [4.78, 5) is 13.4. The normalized spacial score (nSPS) is 28.6. The van der Waals surface area contributed by atoms with Crippen molar-refractivity contribution in [3.8, 4) is 0 Å². The Balaban J connectivity index is 2.49. The molecule has 0 aromatic rings. The molecule has 2 unspecified atom stereocenters. The molecule has 0 aliphatic carbocycles. The zero-order valence-electron chi connectivity index (χ0n) is 8.42. The molecule has 2 atom stereocenters. The van der Waals surface area contributed by atoms with Crippen LogP contribution in [0.4, 0.5) is 0 Å². The van der Waals surface area contributed by atoms with Gasteiger partial charge >= 0.3 is 0 Å². The molecular weight excluding hydrogens is 164 g/mol. The van der Waals surface area contributed by atoms with Gasteiger partial charge in [-0.2, -0.15) is 0 Å². The molecule has 0 radical (unpaired) electrons. The Kier molecular flexibility index (Phi) is 3.48. The quantitative estimate of drug-likeness (QED) is 0.640. The average molecular weight is 182 g/mol. The second kappa shape index (κ2) is 4.42. The van der Waals surface area contributed by atoms with E-state index in [9.17, 15) is 4.79 Å². The van der Waals surface area contributed by atoms with Crippen molar-refractivity contribution >= 4 is 5.91 Å². The first-order valence-corrected chi connectivity index (χ1v) is 4.78. The van der Waals surface area contributed by atoms with E-state index in [0.717, 1.165) is 13.1 Å². The van der Waals surface area contributed by atoms with Crippen LogP contribution in [0.25, 0.3) is 0 Å². The van der Waals surface area contributed by atoms with Gasteiger partial charge in [-0.3, -0.25) is 4.79 Å². The molecule has 0 aromatic heterocycles. The molecule has 13 heavy (non-hydrogen) atoms. The Labute approximate surface area is 79.8 Å². The smallest absolute Gasteiger partial charge is 0.226 e. The minimum atomic E-state index is 0.190. The van der Waals surface area contributed by atoms with Crippen LogP contribution < -0.4 is 5.32 Å². The van der Waals surface area contributed by atoms with Crippen LogP contribution in [0.2, 0.25) is 0 Å². The Morgan fingerprint density at radius 2 is 2.08 bits per heavy atom. The number of hydrogen-bond acceptors (Lipinski definition) is 2. The minimum absolute atomic E-state index is 0.190. The van der Waals surface area contributed by atoms with Gasteiger partial charge < -0.3 is 10.2 Å². The van der Waals surface area contributed by atoms with E-state index in [1.54, 1.807) is 6.08 Å². The van der Waals surface area contributed by atoms with Gasteiger partial charge in [0.05, 0.1) is 0 Å². The summed E-state index contributed by atoms with van der Waals surface area (Å²) in [5, 5.41) is 3.39. The molecule has 3 heteroatoms. The molecule has 1 amide bonds. The molecule has 1 heterocycles. The first-order chi connectivity index (χ1) is 6.13. The lowest BCUT2D eigenvalue weighted by Gasteiger charge is -2.36. The van der Waals surface area contributed by atoms with Crippen LogP contribution >= 0.6 is 0 Å². The van der Waals surface area contributed by atoms with E-state index in [4.69, 9.17) is 0 Å². The molecule has 0 aromatic carbocycles. The third-order valence-corrected chi connectivity index (χ3v) is 2.23. The number of rotatable bonds is 2. The highest BCUT2D eigenvalue weighted by Gasteiger charge is 2.23. The van der Waals surface area contributed by atoms with Gasteiger partial charge in [0.25, 0.3) is 0 Å². The van der Waals surface area contributed by atoms with Crippen molar-refractivity contribution in [2.75, 3.05) is 13.1 Å². The van der Waals surface area contributed by atoms with Crippen molar-refractivity contribution in [1.29, 1.82) is 0 Å². The van der Waals surface area contributed by atoms with Gasteiger partial charge in [-0.15, -0.1) is 6.58 Å². The van der Waals surface area contributed by atoms with Gasteiger partial charge in [-0.25, -0.2) is 0 Å². The van der Waals surface area contributed by atoms with Gasteiger partial charge in [0, 0.05) is 31.6 Å². The van der Waals surface area contributed by atoms with Gasteiger partial charge in [-0.1, -0.05) is 6.08 Å². The number of nitrogens with one attached hydrogen (secondary N) is 1. The average Bonchev–Trinajstić information content (AvgIpc) is 2.03. The van der Waals surface area contributed by atoms with Crippen molar-refractivity contribution < 1.29 is 4.79 Å². The van der Waals surface area contributed by atoms with Gasteiger partial charge in [0.1, 0.15) is 0 Å². The summed E-state index contributed by atoms with van der Waals surface area (Å²) < 4.78 is 0. The maximum atomic E-state index is 11.5. The standard InChI is InChI=1S/C10H18N2O/c1-4-5-10(13)12-6-8(2)11-9(3)7-12/h4,8-9,11H,1,5-7H2,2-3H3. The molecule has 3 nitrogen and oxygen atoms in total. The zero-order valence-corrected chi connectivity index (χ0v) is 8.42. The predicted molar refractivity (Wildman–Crippen MR) is 53.5 cm³/mol. The zero-order chi connectivity index (χ0) is 9.84. The fourth-order valence-electron chi connectivity index (χ4n) is 1.78. The molecule has 1 aliphatic heterocycles. The molecule has 0 saturated carbocycles. The Bertz CT molecular complexity index is 193. The molecule has 1 rings (SSSR count). The van der Waals surface area contributed by atoms with Crippen LogP contribution in [-0.4, -0.2) is 36.0 Å². The highest BCUT2D eigenvalue weighted by atomic mass is 16.2. The SMILES string of the molecule is C=CCC(=O)N1CC(C)NC(C)C1. The highest BCUT2D eigenvalue weighted by molar-refractivity contribution is 5.77. The first-order valence-electron chi connectivity index (χ1n) is 4.78. The topological polar surface area (TPSA) is 32.3 Å². The molecule has 74 valence electrons. The van der Waals surface area contributed by atoms with E-state index in [2.05, 4.69) is 25.7 Å². The van der Waals surface area contributed by atoms with Gasteiger partial charge in [0.15, 0.2) is 0 Å². The summed E-state index contributed by atoms with van der Waals surface area (Å²) in [6.07, 6.45) is 2.12. The van der Waals surface area contributed by atoms with E-state index in [1.165, 1.54) is 0 Å². The summed E-state index contributed by atoms with van der Waals surface area (Å²) in [6.45, 7) is 9.41. The third kappa shape index (κ3) is 2.84. The van der Waals surface area contributed by atoms with E-state index < -0.39 is 0 Å². The summed E-state index contributed by atoms with van der Waals surface area (Å²) in [6, 6.07) is 0.801. The fraction of sp³-hybridized carbons (Fsp3) is 0.700. The lowest BCUT2D eigenvalue weighted by molar-refractivity contribution is -0.132. The maximum absolute atomic E-state index is 11.5. The predicted octanol–water partition coefficient (Wildman–Crippen LogP) is 0.771. The summed E-state index contributed by atoms with van der Waals surface area (Å²) in [7, 11) is 0. The number of carbonyl (C=O) groups excluding carboxylic acids is 1. The molecule has 1 fully saturated rings. The van der Waals surface area contributed by atoms with Crippen molar-refractivity contribution in [2.24, 2.45) is 0 Å². The number of amides is 1. The Morgan fingerprint density at radius 1 is 1.54 bits per heavy atom. The lowest BCUT2D eigenvalue weighted by Crippen LogP contribution is -2.55. The highest BCUT2D eigenvalue weighted by Crippen LogP contribution is 2.05. The Morgan fingerprint density at radius 3 is 2.54 bits per heavy atom. The van der Waals surface area contributed by atoms with Crippen LogP contribution in [0.15, 0.2) is 12.7 Å². The number of hydrogen-bond donors (Lipinski definition) is 1. The van der Waals surface area contributed by atoms with E-state index in [-0.39, 0.29) is 5.91 Å². The molecule has 1 aliphatic rings. The van der Waals surface area contributed by atoms with E-state index in [1.807, 2.05) is 4.90 Å². The van der Waals surface area contributed by atoms with Crippen molar-refractivity contribution in [1.82, 2.24) is 10.2 Å². The maximum Gasteiger partial charge on any atom is 0.226 e. The molecular formula is C10H18N2O. The summed E-state index contributed by atoms with van der Waals surface area (Å²) in [5.41, 5.74) is 0. The summed E-state index contributed by atoms with van der Waals surface area (Å²) >= 11 is 0. The second-order valence-electron chi connectivity index (χ2n) is 3.76. The summed E-state index contributed by atoms with van der Waals surface area (Å²) in [5.74, 6) is 0.190. The van der Waals surface area contributed by atoms with Crippen LogP contribution in [0.3, 0.4) is 0 Å². The minimum Gasteiger partial charge on any atom is -0.339 e. The van der Waals surface area contributed by atoms with E-state index >= 15 is 0 Å². The van der Waals surface area contributed by atoms with Crippen molar-refractivity contribution in [3.63, 3.8) is 0 Å². The van der Waals surface area contributed by atoms with Crippen molar-refractivity contribution in [3.05, 3.63) is 12.7 Å². The van der Waals surface area contributed by atoms with E-state index in [0.29, 0.717) is 18.5 Å². The number of nitrogens with zero attached hydrogens (tertiary/aromatic N) is 1. The van der Waals surface area contributed by atoms with Crippen LogP contribution in [0.5, 0.6) is 0 Å². The molecule has 0 bridgehead atoms. The van der Waals surface area contributed by atoms with Crippen molar-refractivity contribution in [2.45, 2.75) is 32.4 Å². The monoisotopic (exact) mass is 182 g/mol. The largest absolute Gasteiger partial charge is 0.339 e. The third-order valence-electron chi connectivity index (χ3n) is 2.23. The number of carbonyl (C=O) groups is 1. The van der Waals surface area contributed by atoms with Crippen LogP contribution in [0, 0.1) is 0 Å². The molecule has 1 saturated heterocycles. The molecule has 0 spiro atoms. The fourth-order valence-corrected chi connectivity index (χ4v) is 1.78.